The number of rotatable bonds is 6. The largest absolute Gasteiger partial charge is 0.354 e. The Balaban J connectivity index is 1.45. The summed E-state index contributed by atoms with van der Waals surface area (Å²) >= 11 is 12.4. The van der Waals surface area contributed by atoms with Gasteiger partial charge in [0.05, 0.1) is 22.6 Å². The van der Waals surface area contributed by atoms with Crippen molar-refractivity contribution in [1.29, 1.82) is 0 Å². The van der Waals surface area contributed by atoms with Gasteiger partial charge in [0.15, 0.2) is 0 Å². The normalized spacial score (nSPS) is 20.3. The van der Waals surface area contributed by atoms with Crippen LogP contribution in [0.1, 0.15) is 30.1 Å². The average Bonchev–Trinajstić information content (AvgIpc) is 3.35. The summed E-state index contributed by atoms with van der Waals surface area (Å²) in [5.41, 5.74) is 2.23. The van der Waals surface area contributed by atoms with Crippen molar-refractivity contribution in [2.24, 2.45) is 0 Å². The van der Waals surface area contributed by atoms with Crippen LogP contribution >= 0.6 is 23.2 Å². The molecule has 2 aromatic rings. The Kier molecular flexibility index (Phi) is 6.26. The highest BCUT2D eigenvalue weighted by Crippen LogP contribution is 2.35. The maximum Gasteiger partial charge on any atom is 0.234 e. The second-order valence-electron chi connectivity index (χ2n) is 7.57. The number of likely N-dealkylation sites (tertiary alicyclic amines) is 1. The van der Waals surface area contributed by atoms with Gasteiger partial charge >= 0.3 is 0 Å². The van der Waals surface area contributed by atoms with E-state index in [1.807, 2.05) is 18.2 Å². The van der Waals surface area contributed by atoms with Gasteiger partial charge in [-0.2, -0.15) is 0 Å². The monoisotopic (exact) mass is 420 g/mol. The number of hydrogen-bond donors (Lipinski definition) is 1. The minimum atomic E-state index is -0.0113. The smallest absolute Gasteiger partial charge is 0.234 e. The van der Waals surface area contributed by atoms with Crippen LogP contribution in [0.15, 0.2) is 36.5 Å². The van der Waals surface area contributed by atoms with E-state index in [1.165, 1.54) is 18.5 Å². The molecule has 4 rings (SSSR count). The fourth-order valence-corrected chi connectivity index (χ4v) is 4.57. The summed E-state index contributed by atoms with van der Waals surface area (Å²) < 4.78 is 2.24. The van der Waals surface area contributed by atoms with Crippen LogP contribution in [0.3, 0.4) is 0 Å². The van der Waals surface area contributed by atoms with Crippen molar-refractivity contribution in [2.75, 3.05) is 39.3 Å². The first kappa shape index (κ1) is 19.8. The number of benzene rings is 1. The Morgan fingerprint density at radius 3 is 2.68 bits per heavy atom. The number of amides is 1. The molecular formula is C21H26Cl2N4O. The van der Waals surface area contributed by atoms with Gasteiger partial charge in [0.25, 0.3) is 0 Å². The molecule has 1 atom stereocenters. The van der Waals surface area contributed by atoms with Crippen LogP contribution < -0.4 is 5.32 Å². The second kappa shape index (κ2) is 8.87. The molecule has 1 aromatic heterocycles. The molecule has 3 heterocycles. The maximum atomic E-state index is 12.6. The summed E-state index contributed by atoms with van der Waals surface area (Å²) in [5.74, 6) is 0.0734. The van der Waals surface area contributed by atoms with E-state index in [2.05, 4.69) is 38.0 Å². The lowest BCUT2D eigenvalue weighted by Crippen LogP contribution is -2.45. The van der Waals surface area contributed by atoms with Crippen LogP contribution in [0.4, 0.5) is 0 Å². The maximum absolute atomic E-state index is 12.6. The molecular weight excluding hydrogens is 395 g/mol. The molecule has 1 saturated heterocycles. The molecule has 1 unspecified atom stereocenters. The fraction of sp³-hybridized carbons (Fsp3) is 0.476. The van der Waals surface area contributed by atoms with Crippen molar-refractivity contribution in [2.45, 2.75) is 25.4 Å². The molecule has 5 nitrogen and oxygen atoms in total. The van der Waals surface area contributed by atoms with E-state index in [0.717, 1.165) is 38.3 Å². The molecule has 0 radical (unpaired) electrons. The summed E-state index contributed by atoms with van der Waals surface area (Å²) in [6.45, 7) is 6.01. The molecule has 2 aliphatic heterocycles. The summed E-state index contributed by atoms with van der Waals surface area (Å²) in [6, 6.07) is 9.90. The van der Waals surface area contributed by atoms with Gasteiger partial charge in [-0.1, -0.05) is 29.3 Å². The lowest BCUT2D eigenvalue weighted by atomic mass is 10.00. The van der Waals surface area contributed by atoms with Crippen molar-refractivity contribution in [3.05, 3.63) is 57.8 Å². The first-order valence-electron chi connectivity index (χ1n) is 9.95. The highest BCUT2D eigenvalue weighted by atomic mass is 35.5. The van der Waals surface area contributed by atoms with E-state index in [0.29, 0.717) is 23.1 Å². The Labute approximate surface area is 176 Å². The van der Waals surface area contributed by atoms with Crippen molar-refractivity contribution in [1.82, 2.24) is 19.7 Å². The van der Waals surface area contributed by atoms with Crippen molar-refractivity contribution >= 4 is 29.1 Å². The third kappa shape index (κ3) is 4.38. The standard InChI is InChI=1S/C21H26Cl2N4O/c22-17-6-5-16(14-18(17)23)21-19-4-3-10-26(19)12-13-27(21)15-20(28)24-7-11-25-8-1-2-9-25/h3-6,10,14,21H,1-2,7-9,11-13,15H2,(H,24,28). The summed E-state index contributed by atoms with van der Waals surface area (Å²) in [6.07, 6.45) is 4.63. The fourth-order valence-electron chi connectivity index (χ4n) is 4.27. The highest BCUT2D eigenvalue weighted by molar-refractivity contribution is 6.42. The second-order valence-corrected chi connectivity index (χ2v) is 8.39. The lowest BCUT2D eigenvalue weighted by molar-refractivity contribution is -0.122. The van der Waals surface area contributed by atoms with Gasteiger partial charge in [0.2, 0.25) is 5.91 Å². The number of fused-ring (bicyclic) bond motifs is 1. The van der Waals surface area contributed by atoms with Crippen LogP contribution in [-0.2, 0) is 11.3 Å². The molecule has 0 bridgehead atoms. The van der Waals surface area contributed by atoms with Crippen LogP contribution in [0.25, 0.3) is 0 Å². The van der Waals surface area contributed by atoms with Gasteiger partial charge in [-0.05, 0) is 55.8 Å². The molecule has 2 aliphatic rings. The molecule has 150 valence electrons. The van der Waals surface area contributed by atoms with E-state index < -0.39 is 0 Å². The van der Waals surface area contributed by atoms with Gasteiger partial charge in [-0.3, -0.25) is 9.69 Å². The van der Waals surface area contributed by atoms with Gasteiger partial charge in [0, 0.05) is 38.1 Å². The zero-order chi connectivity index (χ0) is 19.5. The number of aromatic nitrogens is 1. The first-order chi connectivity index (χ1) is 13.6. The van der Waals surface area contributed by atoms with Gasteiger partial charge in [-0.15, -0.1) is 0 Å². The van der Waals surface area contributed by atoms with Crippen molar-refractivity contribution in [3.8, 4) is 0 Å². The molecule has 0 saturated carbocycles. The SMILES string of the molecule is O=C(CN1CCn2cccc2C1c1ccc(Cl)c(Cl)c1)NCCN1CCCC1. The number of nitrogens with one attached hydrogen (secondary N) is 1. The van der Waals surface area contributed by atoms with Gasteiger partial charge in [0.1, 0.15) is 0 Å². The summed E-state index contributed by atoms with van der Waals surface area (Å²) in [4.78, 5) is 17.2. The lowest BCUT2D eigenvalue weighted by Gasteiger charge is -2.37. The van der Waals surface area contributed by atoms with E-state index in [1.54, 1.807) is 0 Å². The number of hydrogen-bond acceptors (Lipinski definition) is 3. The minimum Gasteiger partial charge on any atom is -0.354 e. The molecule has 1 amide bonds. The molecule has 0 aliphatic carbocycles. The number of carbonyl (C=O) groups is 1. The Hall–Kier alpha value is -1.53. The Morgan fingerprint density at radius 1 is 1.07 bits per heavy atom. The summed E-state index contributed by atoms with van der Waals surface area (Å²) in [7, 11) is 0. The minimum absolute atomic E-state index is 0.0113. The molecule has 1 fully saturated rings. The predicted molar refractivity (Wildman–Crippen MR) is 113 cm³/mol. The van der Waals surface area contributed by atoms with Crippen molar-refractivity contribution in [3.63, 3.8) is 0 Å². The quantitative estimate of drug-likeness (QED) is 0.777. The number of nitrogens with zero attached hydrogens (tertiary/aromatic N) is 3. The third-order valence-corrected chi connectivity index (χ3v) is 6.43. The number of carbonyl (C=O) groups excluding carboxylic acids is 1. The Morgan fingerprint density at radius 2 is 1.89 bits per heavy atom. The van der Waals surface area contributed by atoms with E-state index in [4.69, 9.17) is 23.2 Å². The first-order valence-corrected chi connectivity index (χ1v) is 10.7. The predicted octanol–water partition coefficient (Wildman–Crippen LogP) is 3.41. The zero-order valence-electron chi connectivity index (χ0n) is 15.9. The van der Waals surface area contributed by atoms with E-state index in [9.17, 15) is 4.79 Å². The van der Waals surface area contributed by atoms with E-state index >= 15 is 0 Å². The topological polar surface area (TPSA) is 40.5 Å². The average molecular weight is 421 g/mol. The Bertz CT molecular complexity index is 832. The highest BCUT2D eigenvalue weighted by Gasteiger charge is 2.30. The van der Waals surface area contributed by atoms with Gasteiger partial charge in [-0.25, -0.2) is 0 Å². The van der Waals surface area contributed by atoms with Crippen LogP contribution in [0.5, 0.6) is 0 Å². The van der Waals surface area contributed by atoms with E-state index in [-0.39, 0.29) is 11.9 Å². The molecule has 1 aromatic carbocycles. The van der Waals surface area contributed by atoms with Crippen LogP contribution in [0.2, 0.25) is 10.0 Å². The number of halogens is 2. The van der Waals surface area contributed by atoms with Crippen LogP contribution in [0, 0.1) is 0 Å². The molecule has 7 heteroatoms. The van der Waals surface area contributed by atoms with Crippen LogP contribution in [-0.4, -0.2) is 59.5 Å². The molecule has 1 N–H and O–H groups in total. The zero-order valence-corrected chi connectivity index (χ0v) is 17.4. The van der Waals surface area contributed by atoms with Gasteiger partial charge < -0.3 is 14.8 Å². The molecule has 28 heavy (non-hydrogen) atoms. The third-order valence-electron chi connectivity index (χ3n) is 5.69. The molecule has 0 spiro atoms. The van der Waals surface area contributed by atoms with Crippen molar-refractivity contribution < 1.29 is 4.79 Å². The summed E-state index contributed by atoms with van der Waals surface area (Å²) in [5, 5.41) is 4.17.